The zero-order chi connectivity index (χ0) is 7.82. The first-order chi connectivity index (χ1) is 4.77. The molecule has 0 unspecified atom stereocenters. The molecule has 0 fully saturated rings. The average molecular weight is 171 g/mol. The second kappa shape index (κ2) is 10.2. The van der Waals surface area contributed by atoms with Gasteiger partial charge >= 0.3 is 29.0 Å². The Labute approximate surface area is 84.8 Å². The van der Waals surface area contributed by atoms with Gasteiger partial charge in [-0.3, -0.25) is 4.79 Å². The van der Waals surface area contributed by atoms with Gasteiger partial charge in [-0.1, -0.05) is 26.2 Å². The van der Waals surface area contributed by atoms with Crippen LogP contribution in [0.2, 0.25) is 0 Å². The molecular weight excluding hydrogens is 152 g/mol. The lowest BCUT2D eigenvalue weighted by molar-refractivity contribution is -0.141. The van der Waals surface area contributed by atoms with Crippen LogP contribution in [0.15, 0.2) is 0 Å². The second-order valence-electron chi connectivity index (χ2n) is 2.40. The van der Waals surface area contributed by atoms with Crippen molar-refractivity contribution in [1.29, 1.82) is 0 Å². The van der Waals surface area contributed by atoms with Crippen LogP contribution in [0, 0.1) is 0 Å². The average Bonchev–Trinajstić information content (AvgIpc) is 1.87. The summed E-state index contributed by atoms with van der Waals surface area (Å²) < 4.78 is 4.75. The van der Waals surface area contributed by atoms with E-state index in [-0.39, 0.29) is 29.0 Å². The highest BCUT2D eigenvalue weighted by molar-refractivity contribution is 5.75. The third kappa shape index (κ3) is 13.3. The summed E-state index contributed by atoms with van der Waals surface area (Å²) in [5.74, 6) is -0.170. The van der Waals surface area contributed by atoms with Crippen LogP contribution < -0.4 is 0 Å². The van der Waals surface area contributed by atoms with Crippen LogP contribution in [0.4, 0.5) is 0 Å². The summed E-state index contributed by atoms with van der Waals surface area (Å²) in [5.41, 5.74) is 0. The van der Waals surface area contributed by atoms with E-state index in [1.54, 1.807) is 0 Å². The summed E-state index contributed by atoms with van der Waals surface area (Å²) in [6, 6.07) is 0. The molecule has 0 radical (unpaired) electrons. The third-order valence-electron chi connectivity index (χ3n) is 1.30. The van der Waals surface area contributed by atoms with Gasteiger partial charge in [0, 0.05) is 6.92 Å². The van der Waals surface area contributed by atoms with Crippen LogP contribution >= 0.6 is 0 Å². The van der Waals surface area contributed by atoms with Crippen LogP contribution in [-0.2, 0) is 9.53 Å². The van der Waals surface area contributed by atoms with Crippen LogP contribution in [0.3, 0.4) is 0 Å². The standard InChI is InChI=1S/C8H16O2.Mg.2H/c1-3-4-5-6-7-10-8(2)9;;;/h3-7H2,1-2H3;;;. The van der Waals surface area contributed by atoms with Gasteiger partial charge in [-0.05, 0) is 6.42 Å². The van der Waals surface area contributed by atoms with Gasteiger partial charge in [0.2, 0.25) is 0 Å². The van der Waals surface area contributed by atoms with E-state index in [0.717, 1.165) is 6.42 Å². The highest BCUT2D eigenvalue weighted by Gasteiger charge is 1.91. The minimum atomic E-state index is -0.170. The first-order valence-electron chi connectivity index (χ1n) is 3.90. The van der Waals surface area contributed by atoms with Crippen molar-refractivity contribution < 1.29 is 9.53 Å². The SMILES string of the molecule is CCCCCCOC(C)=O.[MgH2]. The second-order valence-corrected chi connectivity index (χ2v) is 2.40. The largest absolute Gasteiger partial charge is 0.466 e. The Balaban J connectivity index is 0. The van der Waals surface area contributed by atoms with E-state index in [1.807, 2.05) is 0 Å². The lowest BCUT2D eigenvalue weighted by atomic mass is 10.2. The summed E-state index contributed by atoms with van der Waals surface area (Å²) in [4.78, 5) is 10.3. The zero-order valence-electron chi connectivity index (χ0n) is 6.85. The van der Waals surface area contributed by atoms with Crippen LogP contribution in [0.25, 0.3) is 0 Å². The first-order valence-corrected chi connectivity index (χ1v) is 3.90. The van der Waals surface area contributed by atoms with Crippen molar-refractivity contribution in [2.75, 3.05) is 6.61 Å². The number of carbonyl (C=O) groups excluding carboxylic acids is 1. The molecular formula is C8H18MgO2. The molecule has 2 nitrogen and oxygen atoms in total. The van der Waals surface area contributed by atoms with Gasteiger partial charge in [0.05, 0.1) is 6.61 Å². The van der Waals surface area contributed by atoms with E-state index in [2.05, 4.69) is 6.92 Å². The zero-order valence-corrected chi connectivity index (χ0v) is 6.85. The fourth-order valence-electron chi connectivity index (χ4n) is 0.745. The summed E-state index contributed by atoms with van der Waals surface area (Å²) in [6.45, 7) is 4.20. The molecule has 0 heterocycles. The van der Waals surface area contributed by atoms with E-state index in [9.17, 15) is 4.79 Å². The van der Waals surface area contributed by atoms with Gasteiger partial charge in [0.15, 0.2) is 0 Å². The minimum Gasteiger partial charge on any atom is -0.466 e. The van der Waals surface area contributed by atoms with Gasteiger partial charge in [-0.2, -0.15) is 0 Å². The minimum absolute atomic E-state index is 0. The first kappa shape index (κ1) is 13.8. The molecule has 0 saturated carbocycles. The van der Waals surface area contributed by atoms with Crippen molar-refractivity contribution in [3.8, 4) is 0 Å². The molecule has 0 rings (SSSR count). The molecule has 0 atom stereocenters. The number of hydrogen-bond acceptors (Lipinski definition) is 2. The smallest absolute Gasteiger partial charge is 0.316 e. The lowest BCUT2D eigenvalue weighted by Gasteiger charge is -1.99. The van der Waals surface area contributed by atoms with Crippen molar-refractivity contribution in [3.63, 3.8) is 0 Å². The predicted molar refractivity (Wildman–Crippen MR) is 49.3 cm³/mol. The van der Waals surface area contributed by atoms with Crippen molar-refractivity contribution in [2.45, 2.75) is 39.5 Å². The summed E-state index contributed by atoms with van der Waals surface area (Å²) in [7, 11) is 0. The fourth-order valence-corrected chi connectivity index (χ4v) is 0.745. The Morgan fingerprint density at radius 2 is 1.91 bits per heavy atom. The summed E-state index contributed by atoms with van der Waals surface area (Å²) >= 11 is 0. The molecule has 64 valence electrons. The number of hydrogen-bond donors (Lipinski definition) is 0. The molecule has 0 saturated heterocycles. The Kier molecular flexibility index (Phi) is 12.8. The Hall–Kier alpha value is 0.236. The van der Waals surface area contributed by atoms with Gasteiger partial charge in [-0.15, -0.1) is 0 Å². The van der Waals surface area contributed by atoms with Gasteiger partial charge in [-0.25, -0.2) is 0 Å². The van der Waals surface area contributed by atoms with Crippen LogP contribution in [0.1, 0.15) is 39.5 Å². The molecule has 0 aliphatic carbocycles. The highest BCUT2D eigenvalue weighted by Crippen LogP contribution is 1.98. The van der Waals surface area contributed by atoms with Crippen LogP contribution in [0.5, 0.6) is 0 Å². The fraction of sp³-hybridized carbons (Fsp3) is 0.875. The van der Waals surface area contributed by atoms with E-state index < -0.39 is 0 Å². The summed E-state index contributed by atoms with van der Waals surface area (Å²) in [5, 5.41) is 0. The Bertz CT molecular complexity index is 94.1. The van der Waals surface area contributed by atoms with Crippen LogP contribution in [-0.4, -0.2) is 35.6 Å². The number of unbranched alkanes of at least 4 members (excludes halogenated alkanes) is 3. The van der Waals surface area contributed by atoms with Crippen molar-refractivity contribution >= 4 is 29.0 Å². The maximum Gasteiger partial charge on any atom is 0.316 e. The van der Waals surface area contributed by atoms with E-state index in [0.29, 0.717) is 6.61 Å². The lowest BCUT2D eigenvalue weighted by Crippen LogP contribution is -1.99. The normalized spacial score (nSPS) is 8.55. The molecule has 0 bridgehead atoms. The van der Waals surface area contributed by atoms with Crippen molar-refractivity contribution in [2.24, 2.45) is 0 Å². The Morgan fingerprint density at radius 3 is 2.36 bits per heavy atom. The van der Waals surface area contributed by atoms with Gasteiger partial charge in [0.25, 0.3) is 0 Å². The molecule has 0 aliphatic rings. The van der Waals surface area contributed by atoms with Gasteiger partial charge in [0.1, 0.15) is 0 Å². The quantitative estimate of drug-likeness (QED) is 0.352. The summed E-state index contributed by atoms with van der Waals surface area (Å²) in [6.07, 6.45) is 4.64. The van der Waals surface area contributed by atoms with Crippen molar-refractivity contribution in [3.05, 3.63) is 0 Å². The monoisotopic (exact) mass is 170 g/mol. The molecule has 11 heavy (non-hydrogen) atoms. The molecule has 0 aliphatic heterocycles. The molecule has 0 aromatic carbocycles. The molecule has 3 heteroatoms. The van der Waals surface area contributed by atoms with E-state index >= 15 is 0 Å². The highest BCUT2D eigenvalue weighted by atomic mass is 24.3. The topological polar surface area (TPSA) is 26.3 Å². The molecule has 0 N–H and O–H groups in total. The maximum atomic E-state index is 10.3. The molecule has 0 amide bonds. The van der Waals surface area contributed by atoms with Crippen molar-refractivity contribution in [1.82, 2.24) is 0 Å². The Morgan fingerprint density at radius 1 is 1.27 bits per heavy atom. The maximum absolute atomic E-state index is 10.3. The molecule has 0 spiro atoms. The predicted octanol–water partition coefficient (Wildman–Crippen LogP) is 1.21. The van der Waals surface area contributed by atoms with Gasteiger partial charge < -0.3 is 4.74 Å². The number of rotatable bonds is 5. The number of ether oxygens (including phenoxy) is 1. The molecule has 0 aromatic rings. The number of esters is 1. The van der Waals surface area contributed by atoms with E-state index in [4.69, 9.17) is 4.74 Å². The molecule has 0 aromatic heterocycles. The van der Waals surface area contributed by atoms with E-state index in [1.165, 1.54) is 26.2 Å². The third-order valence-corrected chi connectivity index (χ3v) is 1.30. The number of carbonyl (C=O) groups is 1.